The number of phenols is 2. The maximum Gasteiger partial charge on any atom is 0.226 e. The average Bonchev–Trinajstić information content (AvgIpc) is 2.47. The molecule has 2 aromatic carbocycles. The van der Waals surface area contributed by atoms with Crippen molar-refractivity contribution in [3.8, 4) is 34.8 Å². The molecule has 0 atom stereocenters. The zero-order chi connectivity index (χ0) is 15.4. The summed E-state index contributed by atoms with van der Waals surface area (Å²) in [6.45, 7) is 0. The summed E-state index contributed by atoms with van der Waals surface area (Å²) in [4.78, 5) is 7.96. The minimum absolute atomic E-state index is 0.0998. The number of rotatable bonds is 4. The fraction of sp³-hybridized carbons (Fsp3) is 0. The second kappa shape index (κ2) is 6.01. The second-order valence-electron chi connectivity index (χ2n) is 4.39. The van der Waals surface area contributed by atoms with Crippen molar-refractivity contribution in [1.29, 1.82) is 0 Å². The topological polar surface area (TPSA) is 84.7 Å². The van der Waals surface area contributed by atoms with Gasteiger partial charge in [-0.3, -0.25) is 0 Å². The molecule has 6 nitrogen and oxygen atoms in total. The van der Waals surface area contributed by atoms with Crippen molar-refractivity contribution < 1.29 is 19.7 Å². The lowest BCUT2D eigenvalue weighted by atomic mass is 10.3. The van der Waals surface area contributed by atoms with E-state index in [9.17, 15) is 10.2 Å². The van der Waals surface area contributed by atoms with Crippen LogP contribution in [-0.4, -0.2) is 20.2 Å². The molecule has 1 aromatic heterocycles. The van der Waals surface area contributed by atoms with E-state index in [0.717, 1.165) is 0 Å². The first-order valence-electron chi connectivity index (χ1n) is 6.45. The molecule has 0 bridgehead atoms. The van der Waals surface area contributed by atoms with Crippen molar-refractivity contribution >= 4 is 0 Å². The Morgan fingerprint density at radius 1 is 0.682 bits per heavy atom. The number of hydrogen-bond acceptors (Lipinski definition) is 6. The molecule has 0 aliphatic heterocycles. The van der Waals surface area contributed by atoms with Gasteiger partial charge in [-0.15, -0.1) is 0 Å². The van der Waals surface area contributed by atoms with Crippen LogP contribution < -0.4 is 9.47 Å². The number of aromatic nitrogens is 2. The molecule has 0 radical (unpaired) electrons. The Morgan fingerprint density at radius 2 is 1.18 bits per heavy atom. The van der Waals surface area contributed by atoms with Gasteiger partial charge in [0.2, 0.25) is 11.8 Å². The molecule has 110 valence electrons. The quantitative estimate of drug-likeness (QED) is 0.766. The summed E-state index contributed by atoms with van der Waals surface area (Å²) in [6.07, 6.45) is 1.30. The highest BCUT2D eigenvalue weighted by atomic mass is 16.5. The van der Waals surface area contributed by atoms with Gasteiger partial charge in [-0.2, -0.15) is 0 Å². The Kier molecular flexibility index (Phi) is 3.74. The molecule has 2 N–H and O–H groups in total. The van der Waals surface area contributed by atoms with Gasteiger partial charge >= 0.3 is 0 Å². The smallest absolute Gasteiger partial charge is 0.226 e. The van der Waals surface area contributed by atoms with E-state index in [2.05, 4.69) is 9.97 Å². The van der Waals surface area contributed by atoms with Gasteiger partial charge in [-0.25, -0.2) is 9.97 Å². The van der Waals surface area contributed by atoms with Crippen LogP contribution in [0.5, 0.6) is 34.8 Å². The largest absolute Gasteiger partial charge is 0.508 e. The van der Waals surface area contributed by atoms with Gasteiger partial charge in [0.1, 0.15) is 29.3 Å². The molecule has 1 heterocycles. The van der Waals surface area contributed by atoms with Crippen LogP contribution in [-0.2, 0) is 0 Å². The SMILES string of the molecule is Oc1cccc(Oc2cc(Oc3cccc(O)c3)ncn2)c1. The minimum Gasteiger partial charge on any atom is -0.508 e. The molecule has 0 saturated heterocycles. The normalized spacial score (nSPS) is 10.2. The highest BCUT2D eigenvalue weighted by molar-refractivity contribution is 5.37. The lowest BCUT2D eigenvalue weighted by molar-refractivity contribution is 0.425. The van der Waals surface area contributed by atoms with Crippen molar-refractivity contribution in [3.05, 3.63) is 60.9 Å². The van der Waals surface area contributed by atoms with E-state index in [0.29, 0.717) is 11.5 Å². The molecule has 0 fully saturated rings. The van der Waals surface area contributed by atoms with E-state index < -0.39 is 0 Å². The van der Waals surface area contributed by atoms with E-state index in [1.165, 1.54) is 24.5 Å². The highest BCUT2D eigenvalue weighted by Gasteiger charge is 2.05. The zero-order valence-electron chi connectivity index (χ0n) is 11.4. The fourth-order valence-electron chi connectivity index (χ4n) is 1.77. The summed E-state index contributed by atoms with van der Waals surface area (Å²) >= 11 is 0. The summed E-state index contributed by atoms with van der Waals surface area (Å²) < 4.78 is 11.0. The van der Waals surface area contributed by atoms with E-state index in [-0.39, 0.29) is 23.3 Å². The zero-order valence-corrected chi connectivity index (χ0v) is 11.4. The number of nitrogens with zero attached hydrogens (tertiary/aromatic N) is 2. The van der Waals surface area contributed by atoms with Crippen molar-refractivity contribution in [2.75, 3.05) is 0 Å². The first kappa shape index (κ1) is 13.7. The van der Waals surface area contributed by atoms with Crippen molar-refractivity contribution in [3.63, 3.8) is 0 Å². The van der Waals surface area contributed by atoms with Crippen molar-refractivity contribution in [1.82, 2.24) is 9.97 Å². The van der Waals surface area contributed by atoms with E-state index in [1.807, 2.05) is 0 Å². The molecular weight excluding hydrogens is 284 g/mol. The molecule has 6 heteroatoms. The Labute approximate surface area is 126 Å². The minimum atomic E-state index is 0.0998. The van der Waals surface area contributed by atoms with Crippen LogP contribution in [0.1, 0.15) is 0 Å². The van der Waals surface area contributed by atoms with Gasteiger partial charge < -0.3 is 19.7 Å². The number of benzene rings is 2. The third-order valence-electron chi connectivity index (χ3n) is 2.70. The molecule has 22 heavy (non-hydrogen) atoms. The Hall–Kier alpha value is -3.28. The Morgan fingerprint density at radius 3 is 1.64 bits per heavy atom. The van der Waals surface area contributed by atoms with Crippen LogP contribution in [0.4, 0.5) is 0 Å². The molecule has 0 amide bonds. The van der Waals surface area contributed by atoms with Crippen LogP contribution in [0.2, 0.25) is 0 Å². The predicted molar refractivity (Wildman–Crippen MR) is 78.4 cm³/mol. The molecule has 3 rings (SSSR count). The lowest BCUT2D eigenvalue weighted by Crippen LogP contribution is -1.92. The maximum absolute atomic E-state index is 9.41. The second-order valence-corrected chi connectivity index (χ2v) is 4.39. The average molecular weight is 296 g/mol. The number of ether oxygens (including phenoxy) is 2. The van der Waals surface area contributed by atoms with Gasteiger partial charge in [-0.1, -0.05) is 12.1 Å². The summed E-state index contributed by atoms with van der Waals surface area (Å²) in [5.41, 5.74) is 0. The molecule has 0 aliphatic rings. The number of hydrogen-bond donors (Lipinski definition) is 2. The highest BCUT2D eigenvalue weighted by Crippen LogP contribution is 2.27. The maximum atomic E-state index is 9.41. The van der Waals surface area contributed by atoms with Gasteiger partial charge in [0.05, 0.1) is 6.07 Å². The number of phenolic OH excluding ortho intramolecular Hbond substituents is 2. The molecular formula is C16H12N2O4. The summed E-state index contributed by atoms with van der Waals surface area (Å²) in [7, 11) is 0. The van der Waals surface area contributed by atoms with Gasteiger partial charge in [0.15, 0.2) is 0 Å². The standard InChI is InChI=1S/C16H12N2O4/c19-11-3-1-5-13(7-11)21-15-9-16(18-10-17-15)22-14-6-2-4-12(20)8-14/h1-10,19-20H. The first-order chi connectivity index (χ1) is 10.7. The van der Waals surface area contributed by atoms with E-state index in [1.54, 1.807) is 36.4 Å². The molecule has 0 saturated carbocycles. The third-order valence-corrected chi connectivity index (χ3v) is 2.70. The van der Waals surface area contributed by atoms with E-state index in [4.69, 9.17) is 9.47 Å². The molecule has 0 unspecified atom stereocenters. The van der Waals surface area contributed by atoms with Gasteiger partial charge in [0, 0.05) is 12.1 Å². The Bertz CT molecular complexity index is 730. The molecule has 0 spiro atoms. The monoisotopic (exact) mass is 296 g/mol. The van der Waals surface area contributed by atoms with Gasteiger partial charge in [-0.05, 0) is 24.3 Å². The van der Waals surface area contributed by atoms with Crippen LogP contribution in [0.25, 0.3) is 0 Å². The lowest BCUT2D eigenvalue weighted by Gasteiger charge is -2.07. The fourth-order valence-corrected chi connectivity index (χ4v) is 1.77. The van der Waals surface area contributed by atoms with Crippen molar-refractivity contribution in [2.45, 2.75) is 0 Å². The number of aromatic hydroxyl groups is 2. The third kappa shape index (κ3) is 3.43. The summed E-state index contributed by atoms with van der Waals surface area (Å²) in [6, 6.07) is 14.2. The van der Waals surface area contributed by atoms with Gasteiger partial charge in [0.25, 0.3) is 0 Å². The summed E-state index contributed by atoms with van der Waals surface area (Å²) in [5, 5.41) is 18.8. The van der Waals surface area contributed by atoms with Crippen molar-refractivity contribution in [2.24, 2.45) is 0 Å². The van der Waals surface area contributed by atoms with Crippen LogP contribution in [0, 0.1) is 0 Å². The van der Waals surface area contributed by atoms with Crippen LogP contribution >= 0.6 is 0 Å². The predicted octanol–water partition coefficient (Wildman–Crippen LogP) is 3.47. The molecule has 0 aliphatic carbocycles. The Balaban J connectivity index is 1.78. The molecule has 3 aromatic rings. The summed E-state index contributed by atoms with van der Waals surface area (Å²) in [5.74, 6) is 1.64. The van der Waals surface area contributed by atoms with Crippen LogP contribution in [0.15, 0.2) is 60.9 Å². The van der Waals surface area contributed by atoms with E-state index >= 15 is 0 Å². The van der Waals surface area contributed by atoms with Crippen LogP contribution in [0.3, 0.4) is 0 Å². The first-order valence-corrected chi connectivity index (χ1v) is 6.45.